The predicted octanol–water partition coefficient (Wildman–Crippen LogP) is 2.63. The van der Waals surface area contributed by atoms with Crippen LogP contribution in [0.5, 0.6) is 0 Å². The highest BCUT2D eigenvalue weighted by molar-refractivity contribution is 6.29. The van der Waals surface area contributed by atoms with Crippen molar-refractivity contribution in [1.29, 1.82) is 0 Å². The standard InChI is InChI=1S/C14H23ClN4/c1-3-4-5-9-17-14(16-2)18-10-8-12-6-7-13(15)19-11-12/h6-7,11H,3-5,8-10H2,1-2H3,(H2,16,17,18). The normalized spacial score (nSPS) is 11.4. The molecule has 1 aromatic heterocycles. The minimum Gasteiger partial charge on any atom is -0.356 e. The lowest BCUT2D eigenvalue weighted by molar-refractivity contribution is 0.682. The molecule has 0 spiro atoms. The number of halogens is 1. The second kappa shape index (κ2) is 9.62. The van der Waals surface area contributed by atoms with Gasteiger partial charge in [0.25, 0.3) is 0 Å². The number of guanidine groups is 1. The summed E-state index contributed by atoms with van der Waals surface area (Å²) in [6.45, 7) is 4.00. The predicted molar refractivity (Wildman–Crippen MR) is 81.8 cm³/mol. The Balaban J connectivity index is 2.20. The van der Waals surface area contributed by atoms with Gasteiger partial charge in [-0.15, -0.1) is 0 Å². The van der Waals surface area contributed by atoms with Crippen LogP contribution in [0.1, 0.15) is 31.7 Å². The van der Waals surface area contributed by atoms with Crippen molar-refractivity contribution in [3.63, 3.8) is 0 Å². The Hall–Kier alpha value is -1.29. The van der Waals surface area contributed by atoms with Gasteiger partial charge in [-0.05, 0) is 24.5 Å². The van der Waals surface area contributed by atoms with Crippen molar-refractivity contribution < 1.29 is 0 Å². The number of rotatable bonds is 7. The number of unbranched alkanes of at least 4 members (excludes halogenated alkanes) is 2. The maximum atomic E-state index is 5.75. The van der Waals surface area contributed by atoms with E-state index in [1.54, 1.807) is 13.2 Å². The van der Waals surface area contributed by atoms with Crippen molar-refractivity contribution in [2.45, 2.75) is 32.6 Å². The van der Waals surface area contributed by atoms with Gasteiger partial charge in [0.1, 0.15) is 5.15 Å². The first-order valence-electron chi connectivity index (χ1n) is 6.81. The first-order valence-corrected chi connectivity index (χ1v) is 7.19. The van der Waals surface area contributed by atoms with Crippen molar-refractivity contribution in [1.82, 2.24) is 15.6 Å². The quantitative estimate of drug-likeness (QED) is 0.350. The third kappa shape index (κ3) is 7.01. The summed E-state index contributed by atoms with van der Waals surface area (Å²) in [6.07, 6.45) is 6.37. The zero-order valence-corrected chi connectivity index (χ0v) is 12.5. The van der Waals surface area contributed by atoms with Crippen LogP contribution < -0.4 is 10.6 Å². The van der Waals surface area contributed by atoms with Gasteiger partial charge in [0.05, 0.1) is 0 Å². The third-order valence-corrected chi connectivity index (χ3v) is 3.01. The van der Waals surface area contributed by atoms with Gasteiger partial charge < -0.3 is 10.6 Å². The zero-order chi connectivity index (χ0) is 13.9. The van der Waals surface area contributed by atoms with Crippen LogP contribution in [0, 0.1) is 0 Å². The molecule has 1 aromatic rings. The van der Waals surface area contributed by atoms with Gasteiger partial charge in [-0.2, -0.15) is 0 Å². The molecule has 0 fully saturated rings. The van der Waals surface area contributed by atoms with Crippen molar-refractivity contribution in [2.24, 2.45) is 4.99 Å². The largest absolute Gasteiger partial charge is 0.356 e. The van der Waals surface area contributed by atoms with E-state index >= 15 is 0 Å². The van der Waals surface area contributed by atoms with Crippen LogP contribution in [-0.2, 0) is 6.42 Å². The lowest BCUT2D eigenvalue weighted by Crippen LogP contribution is -2.38. The van der Waals surface area contributed by atoms with Gasteiger partial charge in [0.15, 0.2) is 5.96 Å². The number of hydrogen-bond donors (Lipinski definition) is 2. The maximum absolute atomic E-state index is 5.75. The summed E-state index contributed by atoms with van der Waals surface area (Å²) in [6, 6.07) is 3.81. The number of nitrogens with one attached hydrogen (secondary N) is 2. The smallest absolute Gasteiger partial charge is 0.190 e. The average Bonchev–Trinajstić information content (AvgIpc) is 2.43. The van der Waals surface area contributed by atoms with E-state index in [-0.39, 0.29) is 0 Å². The molecule has 0 aliphatic carbocycles. The molecule has 0 aromatic carbocycles. The number of pyridine rings is 1. The molecule has 1 rings (SSSR count). The molecule has 4 nitrogen and oxygen atoms in total. The highest BCUT2D eigenvalue weighted by Gasteiger charge is 1.98. The minimum absolute atomic E-state index is 0.533. The second-order valence-corrected chi connectivity index (χ2v) is 4.76. The van der Waals surface area contributed by atoms with Crippen LogP contribution >= 0.6 is 11.6 Å². The Morgan fingerprint density at radius 3 is 2.68 bits per heavy atom. The molecule has 0 amide bonds. The summed E-state index contributed by atoms with van der Waals surface area (Å²) >= 11 is 5.75. The summed E-state index contributed by atoms with van der Waals surface area (Å²) in [5, 5.41) is 7.12. The lowest BCUT2D eigenvalue weighted by atomic mass is 10.2. The van der Waals surface area contributed by atoms with E-state index in [0.29, 0.717) is 5.15 Å². The van der Waals surface area contributed by atoms with Crippen molar-refractivity contribution in [3.8, 4) is 0 Å². The Labute approximate surface area is 120 Å². The summed E-state index contributed by atoms with van der Waals surface area (Å²) in [5.41, 5.74) is 1.17. The summed E-state index contributed by atoms with van der Waals surface area (Å²) in [5.74, 6) is 0.859. The Kier molecular flexibility index (Phi) is 7.98. The third-order valence-electron chi connectivity index (χ3n) is 2.79. The van der Waals surface area contributed by atoms with Gasteiger partial charge >= 0.3 is 0 Å². The van der Waals surface area contributed by atoms with Crippen LogP contribution in [0.15, 0.2) is 23.3 Å². The Bertz CT molecular complexity index is 376. The van der Waals surface area contributed by atoms with Crippen LogP contribution in [0.3, 0.4) is 0 Å². The second-order valence-electron chi connectivity index (χ2n) is 4.37. The topological polar surface area (TPSA) is 49.3 Å². The zero-order valence-electron chi connectivity index (χ0n) is 11.7. The first-order chi connectivity index (χ1) is 9.26. The first kappa shape index (κ1) is 15.8. The fourth-order valence-corrected chi connectivity index (χ4v) is 1.79. The number of aliphatic imine (C=N–C) groups is 1. The molecule has 2 N–H and O–H groups in total. The van der Waals surface area contributed by atoms with Crippen LogP contribution in [0.4, 0.5) is 0 Å². The number of nitrogens with zero attached hydrogens (tertiary/aromatic N) is 2. The molecule has 5 heteroatoms. The van der Waals surface area contributed by atoms with Crippen LogP contribution in [-0.4, -0.2) is 31.1 Å². The molecular formula is C14H23ClN4. The molecule has 106 valence electrons. The molecule has 0 aliphatic heterocycles. The SMILES string of the molecule is CCCCCNC(=NC)NCCc1ccc(Cl)nc1. The fourth-order valence-electron chi connectivity index (χ4n) is 1.68. The highest BCUT2D eigenvalue weighted by Crippen LogP contribution is 2.05. The van der Waals surface area contributed by atoms with E-state index in [9.17, 15) is 0 Å². The van der Waals surface area contributed by atoms with Crippen molar-refractivity contribution in [2.75, 3.05) is 20.1 Å². The minimum atomic E-state index is 0.533. The molecule has 0 radical (unpaired) electrons. The summed E-state index contributed by atoms with van der Waals surface area (Å²) in [4.78, 5) is 8.25. The van der Waals surface area contributed by atoms with Gasteiger partial charge in [-0.1, -0.05) is 37.4 Å². The van der Waals surface area contributed by atoms with Gasteiger partial charge in [-0.3, -0.25) is 4.99 Å². The molecule has 0 bridgehead atoms. The molecular weight excluding hydrogens is 260 g/mol. The maximum Gasteiger partial charge on any atom is 0.190 e. The van der Waals surface area contributed by atoms with Crippen molar-refractivity contribution >= 4 is 17.6 Å². The Morgan fingerprint density at radius 1 is 1.26 bits per heavy atom. The number of hydrogen-bond acceptors (Lipinski definition) is 2. The number of aromatic nitrogens is 1. The molecule has 0 atom stereocenters. The molecule has 0 unspecified atom stereocenters. The van der Waals surface area contributed by atoms with E-state index in [4.69, 9.17) is 11.6 Å². The van der Waals surface area contributed by atoms with Gasteiger partial charge in [-0.25, -0.2) is 4.98 Å². The van der Waals surface area contributed by atoms with E-state index in [1.807, 2.05) is 12.1 Å². The van der Waals surface area contributed by atoms with E-state index in [2.05, 4.69) is 27.5 Å². The van der Waals surface area contributed by atoms with E-state index < -0.39 is 0 Å². The summed E-state index contributed by atoms with van der Waals surface area (Å²) < 4.78 is 0. The molecule has 1 heterocycles. The van der Waals surface area contributed by atoms with Gasteiger partial charge in [0.2, 0.25) is 0 Å². The van der Waals surface area contributed by atoms with Crippen LogP contribution in [0.25, 0.3) is 0 Å². The fraction of sp³-hybridized carbons (Fsp3) is 0.571. The molecule has 0 saturated carbocycles. The Morgan fingerprint density at radius 2 is 2.05 bits per heavy atom. The molecule has 0 aliphatic rings. The van der Waals surface area contributed by atoms with E-state index in [0.717, 1.165) is 25.5 Å². The van der Waals surface area contributed by atoms with Crippen LogP contribution in [0.2, 0.25) is 5.15 Å². The van der Waals surface area contributed by atoms with E-state index in [1.165, 1.54) is 24.8 Å². The lowest BCUT2D eigenvalue weighted by Gasteiger charge is -2.11. The monoisotopic (exact) mass is 282 g/mol. The average molecular weight is 283 g/mol. The molecule has 19 heavy (non-hydrogen) atoms. The summed E-state index contributed by atoms with van der Waals surface area (Å²) in [7, 11) is 1.79. The highest BCUT2D eigenvalue weighted by atomic mass is 35.5. The van der Waals surface area contributed by atoms with Gasteiger partial charge in [0, 0.05) is 26.3 Å². The molecule has 0 saturated heterocycles. The van der Waals surface area contributed by atoms with Crippen molar-refractivity contribution in [3.05, 3.63) is 29.0 Å².